The molecule has 82 valence electrons. The van der Waals surface area contributed by atoms with E-state index in [4.69, 9.17) is 5.73 Å². The molecule has 1 aliphatic rings. The fourth-order valence-corrected chi connectivity index (χ4v) is 2.14. The zero-order valence-electron chi connectivity index (χ0n) is 8.86. The Labute approximate surface area is 88.6 Å². The van der Waals surface area contributed by atoms with Crippen LogP contribution in [0.25, 0.3) is 0 Å². The van der Waals surface area contributed by atoms with Gasteiger partial charge in [0.1, 0.15) is 11.5 Å². The van der Waals surface area contributed by atoms with Gasteiger partial charge in [0.2, 0.25) is 0 Å². The number of carbonyl (C=O) groups is 1. The number of aromatic nitrogens is 2. The Bertz CT molecular complexity index is 365. The number of amides is 1. The molecule has 0 saturated heterocycles. The number of nitrogen functional groups attached to an aromatic ring is 1. The van der Waals surface area contributed by atoms with Gasteiger partial charge in [-0.25, -0.2) is 0 Å². The van der Waals surface area contributed by atoms with Crippen LogP contribution in [0, 0.1) is 0 Å². The number of rotatable bonds is 2. The average molecular weight is 208 g/mol. The Morgan fingerprint density at radius 2 is 2.27 bits per heavy atom. The van der Waals surface area contributed by atoms with E-state index in [1.165, 1.54) is 12.8 Å². The minimum absolute atomic E-state index is 0.119. The molecule has 5 heteroatoms. The van der Waals surface area contributed by atoms with E-state index in [0.29, 0.717) is 17.6 Å². The third-order valence-corrected chi connectivity index (χ3v) is 2.88. The molecule has 15 heavy (non-hydrogen) atoms. The van der Waals surface area contributed by atoms with Crippen molar-refractivity contribution in [3.8, 4) is 0 Å². The van der Waals surface area contributed by atoms with Crippen molar-refractivity contribution in [2.75, 3.05) is 12.8 Å². The summed E-state index contributed by atoms with van der Waals surface area (Å²) in [4.78, 5) is 11.6. The molecule has 1 heterocycles. The number of carbonyl (C=O) groups excluding carboxylic acids is 1. The summed E-state index contributed by atoms with van der Waals surface area (Å²) in [5.74, 6) is 0.298. The molecule has 3 N–H and O–H groups in total. The number of nitrogens with two attached hydrogens (primary N) is 1. The van der Waals surface area contributed by atoms with Crippen molar-refractivity contribution >= 4 is 11.7 Å². The molecule has 1 aromatic heterocycles. The standard InChI is InChI=1S/C10H16N4O/c1-12-10(15)8-6-9(11)13-14(8)7-4-2-3-5-7/h6-7H,2-5H2,1H3,(H2,11,13)(H,12,15). The van der Waals surface area contributed by atoms with Gasteiger partial charge in [0.15, 0.2) is 0 Å². The van der Waals surface area contributed by atoms with Crippen molar-refractivity contribution in [3.63, 3.8) is 0 Å². The van der Waals surface area contributed by atoms with Gasteiger partial charge < -0.3 is 11.1 Å². The molecule has 0 bridgehead atoms. The zero-order chi connectivity index (χ0) is 10.8. The molecule has 0 unspecified atom stereocenters. The molecular formula is C10H16N4O. The first-order valence-electron chi connectivity index (χ1n) is 5.29. The molecule has 1 aromatic rings. The van der Waals surface area contributed by atoms with E-state index < -0.39 is 0 Å². The van der Waals surface area contributed by atoms with Crippen LogP contribution in [0.5, 0.6) is 0 Å². The summed E-state index contributed by atoms with van der Waals surface area (Å²) < 4.78 is 1.78. The zero-order valence-corrected chi connectivity index (χ0v) is 8.86. The number of hydrogen-bond acceptors (Lipinski definition) is 3. The van der Waals surface area contributed by atoms with Gasteiger partial charge in [-0.05, 0) is 12.8 Å². The van der Waals surface area contributed by atoms with Gasteiger partial charge in [-0.2, -0.15) is 5.10 Å². The molecule has 1 fully saturated rings. The van der Waals surface area contributed by atoms with E-state index in [9.17, 15) is 4.79 Å². The molecule has 5 nitrogen and oxygen atoms in total. The Balaban J connectivity index is 2.32. The molecule has 0 aromatic carbocycles. The number of nitrogens with one attached hydrogen (secondary N) is 1. The first-order valence-corrected chi connectivity index (χ1v) is 5.29. The maximum Gasteiger partial charge on any atom is 0.269 e. The molecule has 0 atom stereocenters. The van der Waals surface area contributed by atoms with E-state index in [2.05, 4.69) is 10.4 Å². The van der Waals surface area contributed by atoms with Crippen LogP contribution in [0.1, 0.15) is 42.2 Å². The van der Waals surface area contributed by atoms with Gasteiger partial charge in [0.05, 0.1) is 6.04 Å². The monoisotopic (exact) mass is 208 g/mol. The largest absolute Gasteiger partial charge is 0.382 e. The third-order valence-electron chi connectivity index (χ3n) is 2.88. The molecule has 0 radical (unpaired) electrons. The second-order valence-electron chi connectivity index (χ2n) is 3.92. The fraction of sp³-hybridized carbons (Fsp3) is 0.600. The maximum atomic E-state index is 11.6. The predicted octanol–water partition coefficient (Wildman–Crippen LogP) is 0.940. The quantitative estimate of drug-likeness (QED) is 0.759. The van der Waals surface area contributed by atoms with Crippen molar-refractivity contribution in [3.05, 3.63) is 11.8 Å². The Morgan fingerprint density at radius 3 is 2.87 bits per heavy atom. The van der Waals surface area contributed by atoms with Crippen molar-refractivity contribution in [2.45, 2.75) is 31.7 Å². The molecule has 0 aliphatic heterocycles. The first kappa shape index (κ1) is 10.0. The molecule has 1 aliphatic carbocycles. The molecule has 1 saturated carbocycles. The van der Waals surface area contributed by atoms with Crippen molar-refractivity contribution < 1.29 is 4.79 Å². The second-order valence-corrected chi connectivity index (χ2v) is 3.92. The number of hydrogen-bond donors (Lipinski definition) is 2. The summed E-state index contributed by atoms with van der Waals surface area (Å²) in [5, 5.41) is 6.80. The minimum Gasteiger partial charge on any atom is -0.382 e. The number of nitrogens with zero attached hydrogens (tertiary/aromatic N) is 2. The number of anilines is 1. The van der Waals surface area contributed by atoms with Gasteiger partial charge in [0, 0.05) is 13.1 Å². The lowest BCUT2D eigenvalue weighted by Gasteiger charge is -2.12. The summed E-state index contributed by atoms with van der Waals surface area (Å²) in [6.45, 7) is 0. The minimum atomic E-state index is -0.119. The SMILES string of the molecule is CNC(=O)c1cc(N)nn1C1CCCC1. The summed E-state index contributed by atoms with van der Waals surface area (Å²) >= 11 is 0. The lowest BCUT2D eigenvalue weighted by atomic mass is 10.2. The van der Waals surface area contributed by atoms with Crippen molar-refractivity contribution in [1.29, 1.82) is 0 Å². The highest BCUT2D eigenvalue weighted by atomic mass is 16.1. The van der Waals surface area contributed by atoms with Gasteiger partial charge in [0.25, 0.3) is 5.91 Å². The Kier molecular flexibility index (Phi) is 2.62. The van der Waals surface area contributed by atoms with E-state index in [1.807, 2.05) is 0 Å². The molecule has 1 amide bonds. The van der Waals surface area contributed by atoms with Crippen molar-refractivity contribution in [2.24, 2.45) is 0 Å². The van der Waals surface area contributed by atoms with E-state index in [1.54, 1.807) is 17.8 Å². The molecule has 2 rings (SSSR count). The summed E-state index contributed by atoms with van der Waals surface area (Å²) in [5.41, 5.74) is 6.20. The van der Waals surface area contributed by atoms with Gasteiger partial charge >= 0.3 is 0 Å². The van der Waals surface area contributed by atoms with Crippen LogP contribution in [0.4, 0.5) is 5.82 Å². The summed E-state index contributed by atoms with van der Waals surface area (Å²) in [7, 11) is 1.62. The van der Waals surface area contributed by atoms with Crippen LogP contribution >= 0.6 is 0 Å². The van der Waals surface area contributed by atoms with Gasteiger partial charge in [-0.3, -0.25) is 9.48 Å². The second kappa shape index (κ2) is 3.92. The first-order chi connectivity index (χ1) is 7.22. The smallest absolute Gasteiger partial charge is 0.269 e. The topological polar surface area (TPSA) is 72.9 Å². The van der Waals surface area contributed by atoms with Crippen LogP contribution in [-0.2, 0) is 0 Å². The Morgan fingerprint density at radius 1 is 1.60 bits per heavy atom. The van der Waals surface area contributed by atoms with Crippen molar-refractivity contribution in [1.82, 2.24) is 15.1 Å². The van der Waals surface area contributed by atoms with Crippen LogP contribution < -0.4 is 11.1 Å². The molecular weight excluding hydrogens is 192 g/mol. The lowest BCUT2D eigenvalue weighted by Crippen LogP contribution is -2.23. The van der Waals surface area contributed by atoms with Crippen LogP contribution in [0.15, 0.2) is 6.07 Å². The normalized spacial score (nSPS) is 16.9. The summed E-state index contributed by atoms with van der Waals surface area (Å²) in [6, 6.07) is 1.98. The van der Waals surface area contributed by atoms with E-state index in [0.717, 1.165) is 12.8 Å². The summed E-state index contributed by atoms with van der Waals surface area (Å²) in [6.07, 6.45) is 4.59. The molecule has 0 spiro atoms. The van der Waals surface area contributed by atoms with E-state index >= 15 is 0 Å². The average Bonchev–Trinajstić information content (AvgIpc) is 2.84. The fourth-order valence-electron chi connectivity index (χ4n) is 2.14. The van der Waals surface area contributed by atoms with Crippen LogP contribution in [-0.4, -0.2) is 22.7 Å². The Hall–Kier alpha value is -1.52. The predicted molar refractivity (Wildman–Crippen MR) is 57.5 cm³/mol. The van der Waals surface area contributed by atoms with Gasteiger partial charge in [-0.1, -0.05) is 12.8 Å². The van der Waals surface area contributed by atoms with Crippen LogP contribution in [0.3, 0.4) is 0 Å². The van der Waals surface area contributed by atoms with Crippen LogP contribution in [0.2, 0.25) is 0 Å². The lowest BCUT2D eigenvalue weighted by molar-refractivity contribution is 0.0949. The van der Waals surface area contributed by atoms with E-state index in [-0.39, 0.29) is 5.91 Å². The highest BCUT2D eigenvalue weighted by Crippen LogP contribution is 2.30. The maximum absolute atomic E-state index is 11.6. The highest BCUT2D eigenvalue weighted by molar-refractivity contribution is 5.93. The highest BCUT2D eigenvalue weighted by Gasteiger charge is 2.23. The third kappa shape index (κ3) is 1.82. The van der Waals surface area contributed by atoms with Gasteiger partial charge in [-0.15, -0.1) is 0 Å².